The largest absolute Gasteiger partial charge is 0.328 e. The van der Waals surface area contributed by atoms with Crippen LogP contribution in [0, 0.1) is 6.92 Å². The van der Waals surface area contributed by atoms with Gasteiger partial charge in [-0.15, -0.1) is 10.2 Å². The molecule has 0 aromatic carbocycles. The van der Waals surface area contributed by atoms with Gasteiger partial charge in [-0.3, -0.25) is 9.78 Å². The SMILES string of the molecule is CCCN1CCC(c2nnc3n2CCN(C(=O)c2ccc(C)cn2)C3)CC1. The Hall–Kier alpha value is -2.28. The maximum Gasteiger partial charge on any atom is 0.272 e. The van der Waals surface area contributed by atoms with Crippen molar-refractivity contribution in [3.63, 3.8) is 0 Å². The molecule has 0 saturated carbocycles. The molecule has 4 rings (SSSR count). The Morgan fingerprint density at radius 2 is 1.96 bits per heavy atom. The van der Waals surface area contributed by atoms with Crippen LogP contribution in [-0.2, 0) is 13.1 Å². The highest BCUT2D eigenvalue weighted by Crippen LogP contribution is 2.28. The van der Waals surface area contributed by atoms with Crippen LogP contribution < -0.4 is 0 Å². The summed E-state index contributed by atoms with van der Waals surface area (Å²) in [5.41, 5.74) is 1.55. The Balaban J connectivity index is 1.43. The third kappa shape index (κ3) is 3.74. The molecular formula is C20H28N6O. The molecule has 2 aliphatic heterocycles. The summed E-state index contributed by atoms with van der Waals surface area (Å²) in [5, 5.41) is 8.92. The summed E-state index contributed by atoms with van der Waals surface area (Å²) in [5.74, 6) is 2.47. The maximum atomic E-state index is 12.7. The molecule has 4 heterocycles. The van der Waals surface area contributed by atoms with Crippen LogP contribution in [-0.4, -0.2) is 61.6 Å². The van der Waals surface area contributed by atoms with Crippen molar-refractivity contribution in [2.45, 2.75) is 52.1 Å². The van der Waals surface area contributed by atoms with Crippen molar-refractivity contribution in [3.8, 4) is 0 Å². The number of piperidine rings is 1. The third-order valence-corrected chi connectivity index (χ3v) is 5.69. The average molecular weight is 368 g/mol. The van der Waals surface area contributed by atoms with Crippen LogP contribution >= 0.6 is 0 Å². The van der Waals surface area contributed by atoms with Gasteiger partial charge in [0.25, 0.3) is 5.91 Å². The molecule has 1 amide bonds. The molecule has 2 aromatic rings. The number of fused-ring (bicyclic) bond motifs is 1. The number of rotatable bonds is 4. The molecule has 0 unspecified atom stereocenters. The first kappa shape index (κ1) is 18.1. The zero-order valence-corrected chi connectivity index (χ0v) is 16.3. The molecule has 2 aliphatic rings. The number of carbonyl (C=O) groups is 1. The zero-order chi connectivity index (χ0) is 18.8. The highest BCUT2D eigenvalue weighted by Gasteiger charge is 2.30. The molecule has 0 radical (unpaired) electrons. The molecule has 7 nitrogen and oxygen atoms in total. The molecule has 27 heavy (non-hydrogen) atoms. The second-order valence-corrected chi connectivity index (χ2v) is 7.69. The number of carbonyl (C=O) groups excluding carboxylic acids is 1. The summed E-state index contributed by atoms with van der Waals surface area (Å²) >= 11 is 0. The van der Waals surface area contributed by atoms with Crippen LogP contribution in [0.5, 0.6) is 0 Å². The van der Waals surface area contributed by atoms with Crippen LogP contribution in [0.15, 0.2) is 18.3 Å². The molecule has 1 fully saturated rings. The van der Waals surface area contributed by atoms with Gasteiger partial charge < -0.3 is 14.4 Å². The Morgan fingerprint density at radius 3 is 2.67 bits per heavy atom. The van der Waals surface area contributed by atoms with E-state index in [0.29, 0.717) is 24.7 Å². The van der Waals surface area contributed by atoms with E-state index in [2.05, 4.69) is 31.6 Å². The molecule has 0 spiro atoms. The van der Waals surface area contributed by atoms with E-state index in [9.17, 15) is 4.79 Å². The predicted molar refractivity (Wildman–Crippen MR) is 102 cm³/mol. The van der Waals surface area contributed by atoms with E-state index in [1.165, 1.54) is 13.0 Å². The number of hydrogen-bond donors (Lipinski definition) is 0. The Labute approximate surface area is 160 Å². The molecule has 2 aromatic heterocycles. The third-order valence-electron chi connectivity index (χ3n) is 5.69. The first-order valence-corrected chi connectivity index (χ1v) is 10.0. The number of nitrogens with zero attached hydrogens (tertiary/aromatic N) is 6. The van der Waals surface area contributed by atoms with Crippen LogP contribution in [0.25, 0.3) is 0 Å². The first-order valence-electron chi connectivity index (χ1n) is 10.0. The predicted octanol–water partition coefficient (Wildman–Crippen LogP) is 2.23. The molecule has 0 aliphatic carbocycles. The van der Waals surface area contributed by atoms with Crippen molar-refractivity contribution in [1.82, 2.24) is 29.5 Å². The van der Waals surface area contributed by atoms with Gasteiger partial charge in [-0.2, -0.15) is 0 Å². The number of pyridine rings is 1. The Kier molecular flexibility index (Phi) is 5.20. The van der Waals surface area contributed by atoms with E-state index in [1.807, 2.05) is 17.9 Å². The van der Waals surface area contributed by atoms with Crippen LogP contribution in [0.1, 0.15) is 59.8 Å². The summed E-state index contributed by atoms with van der Waals surface area (Å²) < 4.78 is 2.24. The van der Waals surface area contributed by atoms with E-state index < -0.39 is 0 Å². The van der Waals surface area contributed by atoms with Gasteiger partial charge in [-0.1, -0.05) is 13.0 Å². The lowest BCUT2D eigenvalue weighted by Gasteiger charge is -2.33. The minimum atomic E-state index is -0.0290. The smallest absolute Gasteiger partial charge is 0.272 e. The Bertz CT molecular complexity index is 791. The van der Waals surface area contributed by atoms with Crippen molar-refractivity contribution in [2.24, 2.45) is 0 Å². The van der Waals surface area contributed by atoms with Gasteiger partial charge in [-0.05, 0) is 57.5 Å². The van der Waals surface area contributed by atoms with Gasteiger partial charge >= 0.3 is 0 Å². The quantitative estimate of drug-likeness (QED) is 0.828. The molecule has 144 valence electrons. The Morgan fingerprint density at radius 1 is 1.15 bits per heavy atom. The summed E-state index contributed by atoms with van der Waals surface area (Å²) in [6.07, 6.45) is 5.25. The molecule has 1 saturated heterocycles. The van der Waals surface area contributed by atoms with Gasteiger partial charge in [0.15, 0.2) is 5.82 Å². The van der Waals surface area contributed by atoms with E-state index in [0.717, 1.165) is 49.7 Å². The second-order valence-electron chi connectivity index (χ2n) is 7.69. The number of hydrogen-bond acceptors (Lipinski definition) is 5. The van der Waals surface area contributed by atoms with Crippen molar-refractivity contribution >= 4 is 5.91 Å². The zero-order valence-electron chi connectivity index (χ0n) is 16.3. The molecular weight excluding hydrogens is 340 g/mol. The minimum absolute atomic E-state index is 0.0290. The van der Waals surface area contributed by atoms with Crippen LogP contribution in [0.4, 0.5) is 0 Å². The van der Waals surface area contributed by atoms with E-state index >= 15 is 0 Å². The summed E-state index contributed by atoms with van der Waals surface area (Å²) in [6.45, 7) is 9.64. The number of likely N-dealkylation sites (tertiary alicyclic amines) is 1. The van der Waals surface area contributed by atoms with Gasteiger partial charge in [0.2, 0.25) is 0 Å². The molecule has 7 heteroatoms. The highest BCUT2D eigenvalue weighted by molar-refractivity contribution is 5.92. The van der Waals surface area contributed by atoms with Gasteiger partial charge in [-0.25, -0.2) is 0 Å². The average Bonchev–Trinajstić information content (AvgIpc) is 3.12. The topological polar surface area (TPSA) is 67.2 Å². The fourth-order valence-electron chi connectivity index (χ4n) is 4.14. The van der Waals surface area contributed by atoms with Crippen molar-refractivity contribution in [3.05, 3.63) is 41.2 Å². The van der Waals surface area contributed by atoms with Crippen molar-refractivity contribution < 1.29 is 4.79 Å². The fourth-order valence-corrected chi connectivity index (χ4v) is 4.14. The lowest BCUT2D eigenvalue weighted by Crippen LogP contribution is -2.40. The maximum absolute atomic E-state index is 12.7. The van der Waals surface area contributed by atoms with E-state index in [1.54, 1.807) is 12.3 Å². The normalized spacial score (nSPS) is 18.5. The lowest BCUT2D eigenvalue weighted by molar-refractivity contribution is 0.0699. The summed E-state index contributed by atoms with van der Waals surface area (Å²) in [6, 6.07) is 3.72. The number of aromatic nitrogens is 4. The fraction of sp³-hybridized carbons (Fsp3) is 0.600. The van der Waals surface area contributed by atoms with Crippen LogP contribution in [0.2, 0.25) is 0 Å². The lowest BCUT2D eigenvalue weighted by atomic mass is 9.95. The van der Waals surface area contributed by atoms with E-state index in [4.69, 9.17) is 0 Å². The second kappa shape index (κ2) is 7.76. The highest BCUT2D eigenvalue weighted by atomic mass is 16.2. The van der Waals surface area contributed by atoms with E-state index in [-0.39, 0.29) is 5.91 Å². The first-order chi connectivity index (χ1) is 13.2. The van der Waals surface area contributed by atoms with Gasteiger partial charge in [0.1, 0.15) is 11.5 Å². The minimum Gasteiger partial charge on any atom is -0.328 e. The monoisotopic (exact) mass is 368 g/mol. The molecule has 0 N–H and O–H groups in total. The number of aryl methyl sites for hydroxylation is 1. The molecule has 0 bridgehead atoms. The molecule has 0 atom stereocenters. The van der Waals surface area contributed by atoms with Crippen LogP contribution in [0.3, 0.4) is 0 Å². The van der Waals surface area contributed by atoms with Gasteiger partial charge in [0, 0.05) is 25.2 Å². The standard InChI is InChI=1S/C20H28N6O/c1-3-8-24-9-6-16(7-10-24)19-23-22-18-14-25(11-12-26(18)19)20(27)17-5-4-15(2)13-21-17/h4-5,13,16H,3,6-12,14H2,1-2H3. The summed E-state index contributed by atoms with van der Waals surface area (Å²) in [4.78, 5) is 21.4. The van der Waals surface area contributed by atoms with Crippen molar-refractivity contribution in [2.75, 3.05) is 26.2 Å². The summed E-state index contributed by atoms with van der Waals surface area (Å²) in [7, 11) is 0. The number of amides is 1. The van der Waals surface area contributed by atoms with Gasteiger partial charge in [0.05, 0.1) is 6.54 Å². The van der Waals surface area contributed by atoms with Crippen molar-refractivity contribution in [1.29, 1.82) is 0 Å².